The van der Waals surface area contributed by atoms with Crippen molar-refractivity contribution in [3.05, 3.63) is 22.7 Å². The zero-order valence-corrected chi connectivity index (χ0v) is 13.0. The SMILES string of the molecule is COc1ccc(Br)c(S(=O)(=O)N(C)C(C)C(=O)O)c1. The Morgan fingerprint density at radius 2 is 2.05 bits per heavy atom. The summed E-state index contributed by atoms with van der Waals surface area (Å²) in [5, 5.41) is 8.89. The molecule has 1 aromatic carbocycles. The van der Waals surface area contributed by atoms with Crippen molar-refractivity contribution in [2.75, 3.05) is 14.2 Å². The van der Waals surface area contributed by atoms with Gasteiger partial charge in [-0.25, -0.2) is 8.42 Å². The van der Waals surface area contributed by atoms with Crippen LogP contribution in [0.2, 0.25) is 0 Å². The largest absolute Gasteiger partial charge is 0.497 e. The van der Waals surface area contributed by atoms with Crippen LogP contribution in [0.5, 0.6) is 5.75 Å². The Bertz CT molecular complexity index is 587. The second-order valence-corrected chi connectivity index (χ2v) is 6.65. The van der Waals surface area contributed by atoms with Gasteiger partial charge in [-0.15, -0.1) is 0 Å². The maximum Gasteiger partial charge on any atom is 0.321 e. The summed E-state index contributed by atoms with van der Waals surface area (Å²) in [6.07, 6.45) is 0. The van der Waals surface area contributed by atoms with Crippen molar-refractivity contribution < 1.29 is 23.1 Å². The number of nitrogens with zero attached hydrogens (tertiary/aromatic N) is 1. The van der Waals surface area contributed by atoms with Gasteiger partial charge in [0.2, 0.25) is 10.0 Å². The van der Waals surface area contributed by atoms with Crippen LogP contribution >= 0.6 is 15.9 Å². The number of ether oxygens (including phenoxy) is 1. The lowest BCUT2D eigenvalue weighted by molar-refractivity contribution is -0.140. The van der Waals surface area contributed by atoms with Gasteiger partial charge < -0.3 is 9.84 Å². The summed E-state index contributed by atoms with van der Waals surface area (Å²) in [6, 6.07) is 3.31. The summed E-state index contributed by atoms with van der Waals surface area (Å²) < 4.78 is 30.8. The Morgan fingerprint density at radius 3 is 2.53 bits per heavy atom. The van der Waals surface area contributed by atoms with Crippen LogP contribution in [0.4, 0.5) is 0 Å². The molecular formula is C11H14BrNO5S. The number of hydrogen-bond acceptors (Lipinski definition) is 4. The highest BCUT2D eigenvalue weighted by atomic mass is 79.9. The van der Waals surface area contributed by atoms with E-state index in [2.05, 4.69) is 15.9 Å². The lowest BCUT2D eigenvalue weighted by atomic mass is 10.3. The summed E-state index contributed by atoms with van der Waals surface area (Å²) >= 11 is 3.14. The second kappa shape index (κ2) is 5.89. The third kappa shape index (κ3) is 3.26. The fourth-order valence-corrected chi connectivity index (χ4v) is 3.58. The first-order valence-corrected chi connectivity index (χ1v) is 7.49. The van der Waals surface area contributed by atoms with Crippen molar-refractivity contribution in [1.82, 2.24) is 4.31 Å². The quantitative estimate of drug-likeness (QED) is 0.869. The van der Waals surface area contributed by atoms with Crippen molar-refractivity contribution in [3.63, 3.8) is 0 Å². The number of likely N-dealkylation sites (N-methyl/N-ethyl adjacent to an activating group) is 1. The van der Waals surface area contributed by atoms with Crippen LogP contribution in [-0.4, -0.2) is 44.0 Å². The predicted octanol–water partition coefficient (Wildman–Crippen LogP) is 1.55. The highest BCUT2D eigenvalue weighted by molar-refractivity contribution is 9.10. The maximum atomic E-state index is 12.3. The second-order valence-electron chi connectivity index (χ2n) is 3.83. The lowest BCUT2D eigenvalue weighted by Crippen LogP contribution is -2.40. The number of carboxylic acid groups (broad SMARTS) is 1. The molecule has 0 aromatic heterocycles. The molecule has 0 radical (unpaired) electrons. The number of hydrogen-bond donors (Lipinski definition) is 1. The van der Waals surface area contributed by atoms with Gasteiger partial charge in [0.25, 0.3) is 0 Å². The Kier molecular flexibility index (Phi) is 4.94. The highest BCUT2D eigenvalue weighted by Gasteiger charge is 2.31. The first kappa shape index (κ1) is 15.9. The Balaban J connectivity index is 3.31. The fraction of sp³-hybridized carbons (Fsp3) is 0.364. The summed E-state index contributed by atoms with van der Waals surface area (Å²) in [5.41, 5.74) is 0. The molecule has 8 heteroatoms. The van der Waals surface area contributed by atoms with Gasteiger partial charge in [-0.2, -0.15) is 4.31 Å². The third-order valence-corrected chi connectivity index (χ3v) is 5.62. The first-order chi connectivity index (χ1) is 8.71. The molecule has 0 aliphatic carbocycles. The van der Waals surface area contributed by atoms with Crippen LogP contribution in [0.3, 0.4) is 0 Å². The van der Waals surface area contributed by atoms with Gasteiger partial charge in [0, 0.05) is 17.6 Å². The van der Waals surface area contributed by atoms with Gasteiger partial charge in [-0.05, 0) is 35.0 Å². The molecule has 6 nitrogen and oxygen atoms in total. The van der Waals surface area contributed by atoms with Gasteiger partial charge in [-0.3, -0.25) is 4.79 Å². The summed E-state index contributed by atoms with van der Waals surface area (Å²) in [7, 11) is -1.28. The molecule has 0 amide bonds. The molecule has 0 aliphatic rings. The van der Waals surface area contributed by atoms with Crippen LogP contribution < -0.4 is 4.74 Å². The molecule has 0 saturated heterocycles. The van der Waals surface area contributed by atoms with Crippen LogP contribution in [-0.2, 0) is 14.8 Å². The molecule has 0 spiro atoms. The zero-order chi connectivity index (χ0) is 14.8. The molecule has 0 bridgehead atoms. The average molecular weight is 352 g/mol. The molecule has 106 valence electrons. The minimum absolute atomic E-state index is 0.0394. The van der Waals surface area contributed by atoms with Crippen molar-refractivity contribution in [3.8, 4) is 5.75 Å². The number of methoxy groups -OCH3 is 1. The number of sulfonamides is 1. The standard InChI is InChI=1S/C11H14BrNO5S/c1-7(11(14)15)13(2)19(16,17)10-6-8(18-3)4-5-9(10)12/h4-7H,1-3H3,(H,14,15). The molecule has 0 saturated carbocycles. The molecule has 0 aliphatic heterocycles. The number of carbonyl (C=O) groups is 1. The van der Waals surface area contributed by atoms with E-state index in [0.29, 0.717) is 10.2 Å². The van der Waals surface area contributed by atoms with Crippen molar-refractivity contribution in [2.24, 2.45) is 0 Å². The highest BCUT2D eigenvalue weighted by Crippen LogP contribution is 2.29. The summed E-state index contributed by atoms with van der Waals surface area (Å²) in [5.74, 6) is -0.844. The summed E-state index contributed by atoms with van der Waals surface area (Å²) in [6.45, 7) is 1.30. The molecule has 1 unspecified atom stereocenters. The Labute approximate surface area is 120 Å². The maximum absolute atomic E-state index is 12.3. The zero-order valence-electron chi connectivity index (χ0n) is 10.6. The fourth-order valence-electron chi connectivity index (χ4n) is 1.33. The van der Waals surface area contributed by atoms with E-state index in [1.165, 1.54) is 33.2 Å². The van der Waals surface area contributed by atoms with Gasteiger partial charge in [0.15, 0.2) is 0 Å². The molecule has 1 rings (SSSR count). The van der Waals surface area contributed by atoms with Crippen molar-refractivity contribution >= 4 is 31.9 Å². The van der Waals surface area contributed by atoms with Crippen LogP contribution in [0.25, 0.3) is 0 Å². The van der Waals surface area contributed by atoms with Gasteiger partial charge in [0.05, 0.1) is 7.11 Å². The minimum atomic E-state index is -3.92. The molecule has 0 fully saturated rings. The molecule has 1 N–H and O–H groups in total. The van der Waals surface area contributed by atoms with E-state index >= 15 is 0 Å². The van der Waals surface area contributed by atoms with E-state index in [4.69, 9.17) is 9.84 Å². The van der Waals surface area contributed by atoms with Crippen LogP contribution in [0.1, 0.15) is 6.92 Å². The normalized spacial score (nSPS) is 13.3. The number of carboxylic acids is 1. The number of benzene rings is 1. The van der Waals surface area contributed by atoms with Crippen molar-refractivity contribution in [2.45, 2.75) is 17.9 Å². The van der Waals surface area contributed by atoms with E-state index < -0.39 is 22.0 Å². The molecule has 1 atom stereocenters. The van der Waals surface area contributed by atoms with E-state index in [9.17, 15) is 13.2 Å². The molecule has 19 heavy (non-hydrogen) atoms. The lowest BCUT2D eigenvalue weighted by Gasteiger charge is -2.21. The topological polar surface area (TPSA) is 83.9 Å². The van der Waals surface area contributed by atoms with Gasteiger partial charge in [-0.1, -0.05) is 0 Å². The van der Waals surface area contributed by atoms with E-state index in [-0.39, 0.29) is 4.90 Å². The van der Waals surface area contributed by atoms with Crippen molar-refractivity contribution in [1.29, 1.82) is 0 Å². The average Bonchev–Trinajstić information content (AvgIpc) is 2.37. The first-order valence-electron chi connectivity index (χ1n) is 5.26. The smallest absolute Gasteiger partial charge is 0.321 e. The Morgan fingerprint density at radius 1 is 1.47 bits per heavy atom. The van der Waals surface area contributed by atoms with Crippen LogP contribution in [0.15, 0.2) is 27.6 Å². The van der Waals surface area contributed by atoms with E-state index in [1.54, 1.807) is 6.07 Å². The third-order valence-electron chi connectivity index (χ3n) is 2.70. The predicted molar refractivity (Wildman–Crippen MR) is 72.7 cm³/mol. The number of rotatable bonds is 5. The van der Waals surface area contributed by atoms with Crippen LogP contribution in [0, 0.1) is 0 Å². The number of aliphatic carboxylic acids is 1. The van der Waals surface area contributed by atoms with Gasteiger partial charge >= 0.3 is 5.97 Å². The Hall–Kier alpha value is -1.12. The monoisotopic (exact) mass is 351 g/mol. The number of halogens is 1. The summed E-state index contributed by atoms with van der Waals surface area (Å²) in [4.78, 5) is 10.8. The van der Waals surface area contributed by atoms with E-state index in [1.807, 2.05) is 0 Å². The molecule has 1 aromatic rings. The molecule has 0 heterocycles. The molecular weight excluding hydrogens is 338 g/mol. The van der Waals surface area contributed by atoms with E-state index in [0.717, 1.165) is 4.31 Å². The van der Waals surface area contributed by atoms with Gasteiger partial charge in [0.1, 0.15) is 16.7 Å². The minimum Gasteiger partial charge on any atom is -0.497 e.